The summed E-state index contributed by atoms with van der Waals surface area (Å²) in [6, 6.07) is 4.31. The molecule has 1 fully saturated rings. The predicted octanol–water partition coefficient (Wildman–Crippen LogP) is 4.07. The average molecular weight is 266 g/mol. The van der Waals surface area contributed by atoms with Gasteiger partial charge in [-0.3, -0.25) is 0 Å². The van der Waals surface area contributed by atoms with Gasteiger partial charge in [-0.2, -0.15) is 0 Å². The van der Waals surface area contributed by atoms with Crippen molar-refractivity contribution < 1.29 is 0 Å². The maximum atomic E-state index is 5.91. The Morgan fingerprint density at radius 2 is 2.25 bits per heavy atom. The van der Waals surface area contributed by atoms with Crippen LogP contribution in [0.3, 0.4) is 0 Å². The maximum absolute atomic E-state index is 5.91. The second-order valence-electron chi connectivity index (χ2n) is 3.52. The van der Waals surface area contributed by atoms with E-state index in [0.717, 1.165) is 5.88 Å². The highest BCUT2D eigenvalue weighted by molar-refractivity contribution is 9.11. The molecular formula is C9H10BrClS. The van der Waals surface area contributed by atoms with Crippen LogP contribution in [0.15, 0.2) is 15.9 Å². The number of hydrogen-bond acceptors (Lipinski definition) is 1. The van der Waals surface area contributed by atoms with Gasteiger partial charge in [-0.25, -0.2) is 0 Å². The molecule has 0 saturated heterocycles. The molecule has 0 radical (unpaired) electrons. The van der Waals surface area contributed by atoms with Crippen molar-refractivity contribution in [3.63, 3.8) is 0 Å². The zero-order valence-corrected chi connectivity index (χ0v) is 9.81. The summed E-state index contributed by atoms with van der Waals surface area (Å²) in [6.45, 7) is 0. The van der Waals surface area contributed by atoms with Crippen LogP contribution in [0.25, 0.3) is 0 Å². The molecule has 0 nitrogen and oxygen atoms in total. The van der Waals surface area contributed by atoms with Crippen LogP contribution in [-0.4, -0.2) is 5.88 Å². The van der Waals surface area contributed by atoms with E-state index in [9.17, 15) is 0 Å². The first-order valence-corrected chi connectivity index (χ1v) is 6.19. The minimum Gasteiger partial charge on any atom is -0.133 e. The standard InChI is InChI=1S/C9H10BrClS/c10-8-2-1-7(12-8)5-9(6-11)3-4-9/h1-2H,3-6H2. The fourth-order valence-electron chi connectivity index (χ4n) is 1.35. The Labute approximate surface area is 90.1 Å². The molecule has 0 aromatic carbocycles. The van der Waals surface area contributed by atoms with Crippen molar-refractivity contribution in [1.29, 1.82) is 0 Å². The number of hydrogen-bond donors (Lipinski definition) is 0. The first kappa shape index (κ1) is 9.04. The van der Waals surface area contributed by atoms with Crippen molar-refractivity contribution >= 4 is 38.9 Å². The van der Waals surface area contributed by atoms with Crippen molar-refractivity contribution in [3.05, 3.63) is 20.8 Å². The minimum absolute atomic E-state index is 0.464. The van der Waals surface area contributed by atoms with Gasteiger partial charge in [-0.1, -0.05) is 0 Å². The summed E-state index contributed by atoms with van der Waals surface area (Å²) in [4.78, 5) is 1.46. The molecule has 3 heteroatoms. The first-order chi connectivity index (χ1) is 5.74. The smallest absolute Gasteiger partial charge is 0.0701 e. The van der Waals surface area contributed by atoms with E-state index in [1.165, 1.54) is 27.9 Å². The Bertz CT molecular complexity index is 278. The second-order valence-corrected chi connectivity index (χ2v) is 6.33. The monoisotopic (exact) mass is 264 g/mol. The lowest BCUT2D eigenvalue weighted by Crippen LogP contribution is -2.04. The van der Waals surface area contributed by atoms with Crippen molar-refractivity contribution in [1.82, 2.24) is 0 Å². The van der Waals surface area contributed by atoms with Crippen LogP contribution in [0.1, 0.15) is 17.7 Å². The lowest BCUT2D eigenvalue weighted by Gasteiger charge is -2.07. The summed E-state index contributed by atoms with van der Waals surface area (Å²) in [5.41, 5.74) is 0.464. The van der Waals surface area contributed by atoms with Crippen LogP contribution < -0.4 is 0 Å². The van der Waals surface area contributed by atoms with Crippen LogP contribution in [0.2, 0.25) is 0 Å². The molecule has 1 aromatic rings. The van der Waals surface area contributed by atoms with Crippen LogP contribution in [0.5, 0.6) is 0 Å². The van der Waals surface area contributed by atoms with E-state index in [-0.39, 0.29) is 0 Å². The number of thiophene rings is 1. The Morgan fingerprint density at radius 1 is 1.50 bits per heavy atom. The van der Waals surface area contributed by atoms with Gasteiger partial charge < -0.3 is 0 Å². The highest BCUT2D eigenvalue weighted by Crippen LogP contribution is 2.50. The van der Waals surface area contributed by atoms with E-state index in [0.29, 0.717) is 5.41 Å². The molecule has 2 rings (SSSR count). The molecule has 0 atom stereocenters. The van der Waals surface area contributed by atoms with Crippen molar-refractivity contribution in [3.8, 4) is 0 Å². The molecule has 0 aliphatic heterocycles. The summed E-state index contributed by atoms with van der Waals surface area (Å²) in [7, 11) is 0. The maximum Gasteiger partial charge on any atom is 0.0701 e. The quantitative estimate of drug-likeness (QED) is 0.723. The molecule has 1 saturated carbocycles. The van der Waals surface area contributed by atoms with Gasteiger partial charge >= 0.3 is 0 Å². The fourth-order valence-corrected chi connectivity index (χ4v) is 3.37. The molecule has 1 aliphatic rings. The molecule has 1 aliphatic carbocycles. The summed E-state index contributed by atoms with van der Waals surface area (Å²) >= 11 is 11.2. The molecular weight excluding hydrogens is 256 g/mol. The Kier molecular flexibility index (Phi) is 2.50. The third kappa shape index (κ3) is 1.86. The molecule has 0 bridgehead atoms. The van der Waals surface area contributed by atoms with Gasteiger partial charge in [0.05, 0.1) is 3.79 Å². The molecule has 0 N–H and O–H groups in total. The summed E-state index contributed by atoms with van der Waals surface area (Å²) in [5.74, 6) is 0.822. The second kappa shape index (κ2) is 3.32. The molecule has 0 amide bonds. The van der Waals surface area contributed by atoms with E-state index >= 15 is 0 Å². The van der Waals surface area contributed by atoms with Gasteiger partial charge in [0.25, 0.3) is 0 Å². The predicted molar refractivity (Wildman–Crippen MR) is 58.1 cm³/mol. The van der Waals surface area contributed by atoms with Gasteiger partial charge in [0, 0.05) is 10.8 Å². The van der Waals surface area contributed by atoms with Crippen molar-refractivity contribution in [2.24, 2.45) is 5.41 Å². The Hall–Kier alpha value is 0.470. The highest BCUT2D eigenvalue weighted by Gasteiger charge is 2.41. The van der Waals surface area contributed by atoms with Gasteiger partial charge in [-0.15, -0.1) is 22.9 Å². The topological polar surface area (TPSA) is 0 Å². The lowest BCUT2D eigenvalue weighted by atomic mass is 10.0. The minimum atomic E-state index is 0.464. The third-order valence-electron chi connectivity index (χ3n) is 2.42. The molecule has 12 heavy (non-hydrogen) atoms. The van der Waals surface area contributed by atoms with Crippen LogP contribution in [0, 0.1) is 5.41 Å². The Morgan fingerprint density at radius 3 is 2.67 bits per heavy atom. The number of alkyl halides is 1. The zero-order chi connectivity index (χ0) is 8.60. The van der Waals surface area contributed by atoms with E-state index in [2.05, 4.69) is 28.1 Å². The number of rotatable bonds is 3. The summed E-state index contributed by atoms with van der Waals surface area (Å²) in [5, 5.41) is 0. The summed E-state index contributed by atoms with van der Waals surface area (Å²) < 4.78 is 1.22. The molecule has 1 heterocycles. The molecule has 0 spiro atoms. The van der Waals surface area contributed by atoms with E-state index < -0.39 is 0 Å². The van der Waals surface area contributed by atoms with Crippen molar-refractivity contribution in [2.45, 2.75) is 19.3 Å². The van der Waals surface area contributed by atoms with Crippen LogP contribution >= 0.6 is 38.9 Å². The van der Waals surface area contributed by atoms with E-state index in [4.69, 9.17) is 11.6 Å². The van der Waals surface area contributed by atoms with Gasteiger partial charge in [-0.05, 0) is 52.7 Å². The van der Waals surface area contributed by atoms with Gasteiger partial charge in [0.15, 0.2) is 0 Å². The van der Waals surface area contributed by atoms with Gasteiger partial charge in [0.1, 0.15) is 0 Å². The SMILES string of the molecule is ClCC1(Cc2ccc(Br)s2)CC1. The fraction of sp³-hybridized carbons (Fsp3) is 0.556. The third-order valence-corrected chi connectivity index (χ3v) is 4.61. The van der Waals surface area contributed by atoms with Crippen LogP contribution in [0.4, 0.5) is 0 Å². The normalized spacial score (nSPS) is 19.5. The zero-order valence-electron chi connectivity index (χ0n) is 6.65. The Balaban J connectivity index is 2.04. The first-order valence-electron chi connectivity index (χ1n) is 4.04. The van der Waals surface area contributed by atoms with Crippen LogP contribution in [-0.2, 0) is 6.42 Å². The average Bonchev–Trinajstić information content (AvgIpc) is 2.71. The van der Waals surface area contributed by atoms with Crippen molar-refractivity contribution in [2.75, 3.05) is 5.88 Å². The summed E-state index contributed by atoms with van der Waals surface area (Å²) in [6.07, 6.45) is 3.80. The highest BCUT2D eigenvalue weighted by atomic mass is 79.9. The molecule has 66 valence electrons. The van der Waals surface area contributed by atoms with E-state index in [1.54, 1.807) is 0 Å². The largest absolute Gasteiger partial charge is 0.133 e. The molecule has 1 aromatic heterocycles. The number of halogens is 2. The molecule has 0 unspecified atom stereocenters. The van der Waals surface area contributed by atoms with Gasteiger partial charge in [0.2, 0.25) is 0 Å². The van der Waals surface area contributed by atoms with E-state index in [1.807, 2.05) is 11.3 Å². The lowest BCUT2D eigenvalue weighted by molar-refractivity contribution is 0.584.